The minimum atomic E-state index is -1.24. The lowest BCUT2D eigenvalue weighted by atomic mass is 9.59. The summed E-state index contributed by atoms with van der Waals surface area (Å²) >= 11 is 14.1. The van der Waals surface area contributed by atoms with Gasteiger partial charge in [-0.25, -0.2) is 4.79 Å². The van der Waals surface area contributed by atoms with Gasteiger partial charge in [-0.05, 0) is 85.0 Å². The van der Waals surface area contributed by atoms with Crippen LogP contribution in [-0.2, 0) is 5.41 Å². The van der Waals surface area contributed by atoms with Gasteiger partial charge in [0.25, 0.3) is 0 Å². The highest BCUT2D eigenvalue weighted by Crippen LogP contribution is 2.64. The Hall–Kier alpha value is -4.52. The Morgan fingerprint density at radius 2 is 1.46 bits per heavy atom. The zero-order valence-electron chi connectivity index (χ0n) is 25.2. The molecule has 3 aliphatic rings. The van der Waals surface area contributed by atoms with Gasteiger partial charge in [0.15, 0.2) is 5.78 Å². The number of hydrogen-bond donors (Lipinski definition) is 3. The van der Waals surface area contributed by atoms with E-state index in [1.54, 1.807) is 0 Å². The molecular weight excluding hydrogens is 619 g/mol. The van der Waals surface area contributed by atoms with Gasteiger partial charge in [0.1, 0.15) is 11.5 Å². The largest absolute Gasteiger partial charge is 0.478 e. The van der Waals surface area contributed by atoms with Gasteiger partial charge in [0.05, 0.1) is 16.0 Å². The predicted octanol–water partition coefficient (Wildman–Crippen LogP) is 9.69. The highest BCUT2D eigenvalue weighted by atomic mass is 35.5. The van der Waals surface area contributed by atoms with E-state index in [1.807, 2.05) is 18.2 Å². The Morgan fingerprint density at radius 3 is 2.00 bits per heavy atom. The minimum Gasteiger partial charge on any atom is -0.478 e. The van der Waals surface area contributed by atoms with Gasteiger partial charge in [-0.3, -0.25) is 4.79 Å². The van der Waals surface area contributed by atoms with Crippen LogP contribution in [0.1, 0.15) is 57.7 Å². The van der Waals surface area contributed by atoms with Crippen molar-refractivity contribution < 1.29 is 19.4 Å². The molecule has 230 valence electrons. The molecule has 3 N–H and O–H groups in total. The number of halogens is 2. The molecule has 46 heavy (non-hydrogen) atoms. The van der Waals surface area contributed by atoms with Gasteiger partial charge in [-0.2, -0.15) is 0 Å². The van der Waals surface area contributed by atoms with Crippen LogP contribution in [0.15, 0.2) is 78.9 Å². The number of carbonyl (C=O) groups excluding carboxylic acids is 1. The Morgan fingerprint density at radius 1 is 0.870 bits per heavy atom. The van der Waals surface area contributed by atoms with Crippen LogP contribution in [0.3, 0.4) is 0 Å². The molecule has 2 unspecified atom stereocenters. The third kappa shape index (κ3) is 3.90. The molecule has 5 aromatic carbocycles. The second kappa shape index (κ2) is 10.5. The summed E-state index contributed by atoms with van der Waals surface area (Å²) < 4.78 is 7.03. The van der Waals surface area contributed by atoms with Crippen LogP contribution in [0.4, 0.5) is 11.4 Å². The van der Waals surface area contributed by atoms with E-state index in [0.29, 0.717) is 23.5 Å². The van der Waals surface area contributed by atoms with E-state index in [1.165, 1.54) is 6.07 Å². The lowest BCUT2D eigenvalue weighted by molar-refractivity contribution is 0.0697. The van der Waals surface area contributed by atoms with Crippen LogP contribution in [0, 0.1) is 11.8 Å². The molecule has 0 aromatic heterocycles. The first-order valence-corrected chi connectivity index (χ1v) is 16.3. The number of fused-ring (bicyclic) bond motifs is 13. The number of benzene rings is 5. The molecule has 1 aliphatic heterocycles. The Balaban J connectivity index is 1.55. The maximum atomic E-state index is 14.3. The van der Waals surface area contributed by atoms with E-state index < -0.39 is 17.3 Å². The molecule has 2 atom stereocenters. The molecule has 8 rings (SSSR count). The van der Waals surface area contributed by atoms with E-state index in [2.05, 4.69) is 79.1 Å². The summed E-state index contributed by atoms with van der Waals surface area (Å²) in [4.78, 5) is 26.6. The van der Waals surface area contributed by atoms with Crippen LogP contribution in [0.5, 0.6) is 11.5 Å². The van der Waals surface area contributed by atoms with Crippen LogP contribution in [-0.4, -0.2) is 29.9 Å². The van der Waals surface area contributed by atoms with Crippen LogP contribution >= 0.6 is 23.2 Å². The number of carbonyl (C=O) groups is 2. The van der Waals surface area contributed by atoms with Gasteiger partial charge in [-0.15, -0.1) is 0 Å². The molecule has 8 heteroatoms. The summed E-state index contributed by atoms with van der Waals surface area (Å²) in [6, 6.07) is 22.1. The number of anilines is 2. The third-order valence-electron chi connectivity index (χ3n) is 9.82. The van der Waals surface area contributed by atoms with Crippen molar-refractivity contribution in [3.8, 4) is 11.5 Å². The minimum absolute atomic E-state index is 0.0843. The van der Waals surface area contributed by atoms with Gasteiger partial charge in [0, 0.05) is 62.9 Å². The first kappa shape index (κ1) is 28.9. The summed E-state index contributed by atoms with van der Waals surface area (Å²) in [7, 11) is 0. The zero-order valence-corrected chi connectivity index (χ0v) is 26.7. The number of nitrogens with one attached hydrogen (secondary N) is 2. The topological polar surface area (TPSA) is 87.7 Å². The van der Waals surface area contributed by atoms with Crippen molar-refractivity contribution in [3.63, 3.8) is 0 Å². The Labute approximate surface area is 276 Å². The molecule has 2 aliphatic carbocycles. The third-order valence-corrected chi connectivity index (χ3v) is 10.5. The van der Waals surface area contributed by atoms with Crippen molar-refractivity contribution in [2.75, 3.05) is 23.7 Å². The molecule has 1 heterocycles. The van der Waals surface area contributed by atoms with E-state index >= 15 is 0 Å². The summed E-state index contributed by atoms with van der Waals surface area (Å²) in [5, 5.41) is 20.8. The fraction of sp³-hybridized carbons (Fsp3) is 0.211. The van der Waals surface area contributed by atoms with Crippen molar-refractivity contribution in [2.45, 2.75) is 25.7 Å². The quantitative estimate of drug-likeness (QED) is 0.164. The summed E-state index contributed by atoms with van der Waals surface area (Å²) in [5.41, 5.74) is 3.24. The summed E-state index contributed by atoms with van der Waals surface area (Å²) in [6.45, 7) is 5.71. The molecule has 0 saturated heterocycles. The molecule has 0 amide bonds. The van der Waals surface area contributed by atoms with Crippen molar-refractivity contribution in [1.29, 1.82) is 0 Å². The Kier molecular flexibility index (Phi) is 6.61. The number of aromatic carboxylic acids is 1. The number of carboxylic acid groups (broad SMARTS) is 1. The molecule has 2 bridgehead atoms. The molecule has 0 saturated carbocycles. The van der Waals surface area contributed by atoms with Crippen LogP contribution in [0.25, 0.3) is 21.5 Å². The van der Waals surface area contributed by atoms with Gasteiger partial charge < -0.3 is 20.5 Å². The second-order valence-electron chi connectivity index (χ2n) is 12.2. The number of carboxylic acids is 1. The number of Topliss-reactive ketones (excluding diaryl/α,β-unsaturated/α-hetero) is 1. The predicted molar refractivity (Wildman–Crippen MR) is 185 cm³/mol. The highest BCUT2D eigenvalue weighted by Gasteiger charge is 2.56. The fourth-order valence-corrected chi connectivity index (χ4v) is 8.65. The van der Waals surface area contributed by atoms with E-state index in [-0.39, 0.29) is 32.9 Å². The van der Waals surface area contributed by atoms with Crippen molar-refractivity contribution in [2.24, 2.45) is 11.8 Å². The van der Waals surface area contributed by atoms with Crippen LogP contribution < -0.4 is 15.4 Å². The van der Waals surface area contributed by atoms with Gasteiger partial charge >= 0.3 is 5.97 Å². The number of ketones is 1. The maximum Gasteiger partial charge on any atom is 0.337 e. The second-order valence-corrected chi connectivity index (χ2v) is 13.0. The number of rotatable bonds is 5. The fourth-order valence-electron chi connectivity index (χ4n) is 7.97. The molecule has 5 aromatic rings. The van der Waals surface area contributed by atoms with E-state index in [9.17, 15) is 14.7 Å². The molecule has 6 nitrogen and oxygen atoms in total. The zero-order chi connectivity index (χ0) is 31.9. The number of hydrogen-bond acceptors (Lipinski definition) is 5. The van der Waals surface area contributed by atoms with Gasteiger partial charge in [0.2, 0.25) is 0 Å². The van der Waals surface area contributed by atoms with Crippen molar-refractivity contribution in [1.82, 2.24) is 0 Å². The maximum absolute atomic E-state index is 14.3. The van der Waals surface area contributed by atoms with Crippen LogP contribution in [0.2, 0.25) is 10.0 Å². The average molecular weight is 650 g/mol. The van der Waals surface area contributed by atoms with Crippen molar-refractivity contribution in [3.05, 3.63) is 117 Å². The first-order valence-electron chi connectivity index (χ1n) is 15.6. The molecule has 0 fully saturated rings. The SMILES string of the molecule is CCNc1ccc2c3c(ccc2c1)C1(c2ccc4cc(NCC)ccc4c2O3)c2c(Cl)cc(C(=O)O)c(Cl)c2C(=O)C2C=CC1C2. The smallest absolute Gasteiger partial charge is 0.337 e. The monoisotopic (exact) mass is 648 g/mol. The van der Waals surface area contributed by atoms with E-state index in [0.717, 1.165) is 57.1 Å². The molecule has 1 spiro atoms. The summed E-state index contributed by atoms with van der Waals surface area (Å²) in [5.74, 6) is -0.737. The Bertz CT molecular complexity index is 2100. The average Bonchev–Trinajstić information content (AvgIpc) is 3.51. The number of ether oxygens (including phenoxy) is 1. The highest BCUT2D eigenvalue weighted by molar-refractivity contribution is 6.39. The van der Waals surface area contributed by atoms with E-state index in [4.69, 9.17) is 27.9 Å². The van der Waals surface area contributed by atoms with Crippen molar-refractivity contribution >= 4 is 67.9 Å². The van der Waals surface area contributed by atoms with Gasteiger partial charge in [-0.1, -0.05) is 59.6 Å². The molecule has 0 radical (unpaired) electrons. The lowest BCUT2D eigenvalue weighted by Gasteiger charge is -2.45. The lowest BCUT2D eigenvalue weighted by Crippen LogP contribution is -2.40. The standard InChI is InChI=1S/C38H30Cl2N2O4/c1-3-41-23-9-11-25-19(16-23)6-13-28-35(25)46-36-26-12-10-24(42-4-2)17-20(26)7-14-29(36)38(28)22-8-5-21(15-22)34(43)31-32(38)30(39)18-27(33(31)40)37(44)45/h5-14,16-18,21-22,41-42H,3-4,15H2,1-2H3,(H,44,45). The molecular formula is C38H30Cl2N2O4. The summed E-state index contributed by atoms with van der Waals surface area (Å²) in [6.07, 6.45) is 4.59. The normalized spacial score (nSPS) is 18.6. The first-order chi connectivity index (χ1) is 22.3. The number of allylic oxidation sites excluding steroid dienone is 2.